The number of carbonyl (C=O) groups is 1. The zero-order valence-corrected chi connectivity index (χ0v) is 14.5. The molecule has 1 aromatic heterocycles. The van der Waals surface area contributed by atoms with Crippen LogP contribution in [0.3, 0.4) is 0 Å². The molecular weight excluding hydrogens is 322 g/mol. The van der Waals surface area contributed by atoms with Gasteiger partial charge in [-0.05, 0) is 25.0 Å². The number of nitrogens with one attached hydrogen (secondary N) is 2. The van der Waals surface area contributed by atoms with Crippen LogP contribution in [-0.4, -0.2) is 21.6 Å². The Kier molecular flexibility index (Phi) is 4.57. The second-order valence-corrected chi connectivity index (χ2v) is 6.91. The van der Waals surface area contributed by atoms with Gasteiger partial charge in [-0.2, -0.15) is 0 Å². The quantitative estimate of drug-likeness (QED) is 0.509. The SMILES string of the molecule is C=CCSc1nc2c(c(=O)[nH]1)C(c1ccc(C)cc1C)CC(=O)N2. The molecule has 24 heavy (non-hydrogen) atoms. The highest BCUT2D eigenvalue weighted by atomic mass is 32.2. The van der Waals surface area contributed by atoms with Gasteiger partial charge in [0.1, 0.15) is 5.82 Å². The van der Waals surface area contributed by atoms with Gasteiger partial charge in [0.2, 0.25) is 5.91 Å². The average molecular weight is 341 g/mol. The highest BCUT2D eigenvalue weighted by Gasteiger charge is 2.31. The van der Waals surface area contributed by atoms with Gasteiger partial charge in [-0.1, -0.05) is 41.6 Å². The third-order valence-corrected chi connectivity index (χ3v) is 4.94. The third kappa shape index (κ3) is 3.14. The van der Waals surface area contributed by atoms with E-state index in [-0.39, 0.29) is 23.8 Å². The van der Waals surface area contributed by atoms with Crippen molar-refractivity contribution in [1.82, 2.24) is 9.97 Å². The molecule has 1 amide bonds. The zero-order chi connectivity index (χ0) is 17.3. The van der Waals surface area contributed by atoms with Gasteiger partial charge in [0.15, 0.2) is 5.16 Å². The molecule has 1 unspecified atom stereocenters. The van der Waals surface area contributed by atoms with Crippen LogP contribution in [0.2, 0.25) is 0 Å². The van der Waals surface area contributed by atoms with E-state index in [0.29, 0.717) is 22.3 Å². The summed E-state index contributed by atoms with van der Waals surface area (Å²) in [6.07, 6.45) is 1.99. The predicted molar refractivity (Wildman–Crippen MR) is 96.8 cm³/mol. The van der Waals surface area contributed by atoms with Crippen LogP contribution in [0.15, 0.2) is 40.8 Å². The number of H-pyrrole nitrogens is 1. The normalized spacial score (nSPS) is 16.4. The van der Waals surface area contributed by atoms with E-state index in [1.165, 1.54) is 11.8 Å². The van der Waals surface area contributed by atoms with Crippen LogP contribution in [0.4, 0.5) is 5.82 Å². The molecule has 6 heteroatoms. The second kappa shape index (κ2) is 6.65. The van der Waals surface area contributed by atoms with Gasteiger partial charge in [0, 0.05) is 18.1 Å². The Bertz CT molecular complexity index is 873. The summed E-state index contributed by atoms with van der Waals surface area (Å²) in [7, 11) is 0. The number of hydrogen-bond acceptors (Lipinski definition) is 4. The summed E-state index contributed by atoms with van der Waals surface area (Å²) in [5.41, 5.74) is 3.56. The van der Waals surface area contributed by atoms with Crippen LogP contribution >= 0.6 is 11.8 Å². The minimum atomic E-state index is -0.274. The van der Waals surface area contributed by atoms with E-state index in [0.717, 1.165) is 16.7 Å². The molecule has 1 aromatic carbocycles. The minimum absolute atomic E-state index is 0.120. The van der Waals surface area contributed by atoms with Gasteiger partial charge >= 0.3 is 0 Å². The van der Waals surface area contributed by atoms with E-state index >= 15 is 0 Å². The molecule has 0 aliphatic carbocycles. The Labute approximate surface area is 144 Å². The number of carbonyl (C=O) groups excluding carboxylic acids is 1. The summed E-state index contributed by atoms with van der Waals surface area (Å²) in [5.74, 6) is 0.608. The molecule has 2 N–H and O–H groups in total. The van der Waals surface area contributed by atoms with Crippen LogP contribution in [0, 0.1) is 13.8 Å². The van der Waals surface area contributed by atoms with Gasteiger partial charge in [-0.3, -0.25) is 9.59 Å². The lowest BCUT2D eigenvalue weighted by atomic mass is 9.84. The smallest absolute Gasteiger partial charge is 0.257 e. The predicted octanol–water partition coefficient (Wildman–Crippen LogP) is 3.14. The molecule has 1 aliphatic rings. The number of nitrogens with zero attached hydrogens (tertiary/aromatic N) is 1. The number of aromatic amines is 1. The lowest BCUT2D eigenvalue weighted by Gasteiger charge is -2.25. The number of anilines is 1. The molecule has 1 aliphatic heterocycles. The van der Waals surface area contributed by atoms with Crippen molar-refractivity contribution >= 4 is 23.5 Å². The van der Waals surface area contributed by atoms with Gasteiger partial charge in [-0.15, -0.1) is 6.58 Å². The van der Waals surface area contributed by atoms with E-state index in [9.17, 15) is 9.59 Å². The van der Waals surface area contributed by atoms with Gasteiger partial charge in [0.05, 0.1) is 5.56 Å². The molecule has 0 fully saturated rings. The molecule has 2 heterocycles. The summed E-state index contributed by atoms with van der Waals surface area (Å²) in [6, 6.07) is 6.07. The number of hydrogen-bond donors (Lipinski definition) is 2. The first kappa shape index (κ1) is 16.5. The largest absolute Gasteiger partial charge is 0.310 e. The van der Waals surface area contributed by atoms with Crippen LogP contribution in [0.1, 0.15) is 34.6 Å². The minimum Gasteiger partial charge on any atom is -0.310 e. The van der Waals surface area contributed by atoms with E-state index in [2.05, 4.69) is 27.9 Å². The van der Waals surface area contributed by atoms with E-state index < -0.39 is 0 Å². The number of rotatable bonds is 4. The maximum atomic E-state index is 12.6. The molecule has 0 saturated heterocycles. The Hall–Kier alpha value is -2.34. The fraction of sp³-hybridized carbons (Fsp3) is 0.278. The van der Waals surface area contributed by atoms with Crippen molar-refractivity contribution in [2.24, 2.45) is 0 Å². The number of benzene rings is 1. The monoisotopic (exact) mass is 341 g/mol. The number of aromatic nitrogens is 2. The van der Waals surface area contributed by atoms with Crippen LogP contribution in [-0.2, 0) is 4.79 Å². The lowest BCUT2D eigenvalue weighted by molar-refractivity contribution is -0.116. The summed E-state index contributed by atoms with van der Waals surface area (Å²) in [6.45, 7) is 7.68. The van der Waals surface area contributed by atoms with Crippen molar-refractivity contribution in [3.63, 3.8) is 0 Å². The first-order chi connectivity index (χ1) is 11.5. The Morgan fingerprint density at radius 3 is 2.88 bits per heavy atom. The fourth-order valence-corrected chi connectivity index (χ4v) is 3.64. The third-order valence-electron chi connectivity index (χ3n) is 4.07. The summed E-state index contributed by atoms with van der Waals surface area (Å²) >= 11 is 1.37. The molecule has 0 spiro atoms. The van der Waals surface area contributed by atoms with E-state index in [4.69, 9.17) is 0 Å². The molecule has 0 bridgehead atoms. The molecule has 124 valence electrons. The molecule has 1 atom stereocenters. The number of thioether (sulfide) groups is 1. The van der Waals surface area contributed by atoms with Crippen LogP contribution in [0.5, 0.6) is 0 Å². The maximum absolute atomic E-state index is 12.6. The van der Waals surface area contributed by atoms with Crippen molar-refractivity contribution in [1.29, 1.82) is 0 Å². The molecule has 5 nitrogen and oxygen atoms in total. The lowest BCUT2D eigenvalue weighted by Crippen LogP contribution is -2.31. The first-order valence-corrected chi connectivity index (χ1v) is 8.73. The van der Waals surface area contributed by atoms with Crippen molar-refractivity contribution in [3.8, 4) is 0 Å². The standard InChI is InChI=1S/C18H19N3O2S/c1-4-7-24-18-20-16-15(17(23)21-18)13(9-14(22)19-16)12-6-5-10(2)8-11(12)3/h4-6,8,13H,1,7,9H2,2-3H3,(H2,19,20,21,22,23). The average Bonchev–Trinajstić information content (AvgIpc) is 2.51. The van der Waals surface area contributed by atoms with Crippen molar-refractivity contribution < 1.29 is 4.79 Å². The maximum Gasteiger partial charge on any atom is 0.257 e. The zero-order valence-electron chi connectivity index (χ0n) is 13.7. The summed E-state index contributed by atoms with van der Waals surface area (Å²) < 4.78 is 0. The van der Waals surface area contributed by atoms with Crippen molar-refractivity contribution in [3.05, 3.63) is 63.5 Å². The van der Waals surface area contributed by atoms with Crippen molar-refractivity contribution in [2.45, 2.75) is 31.3 Å². The van der Waals surface area contributed by atoms with Crippen molar-refractivity contribution in [2.75, 3.05) is 11.1 Å². The Morgan fingerprint density at radius 2 is 2.17 bits per heavy atom. The molecule has 2 aromatic rings. The first-order valence-electron chi connectivity index (χ1n) is 7.74. The molecule has 3 rings (SSSR count). The van der Waals surface area contributed by atoms with E-state index in [1.54, 1.807) is 6.08 Å². The summed E-state index contributed by atoms with van der Waals surface area (Å²) in [4.78, 5) is 32.0. The van der Waals surface area contributed by atoms with Gasteiger partial charge < -0.3 is 10.3 Å². The summed E-state index contributed by atoms with van der Waals surface area (Å²) in [5, 5.41) is 3.23. The Morgan fingerprint density at radius 1 is 1.38 bits per heavy atom. The fourth-order valence-electron chi connectivity index (χ4n) is 3.04. The Balaban J connectivity index is 2.11. The highest BCUT2D eigenvalue weighted by Crippen LogP contribution is 2.36. The topological polar surface area (TPSA) is 74.8 Å². The number of amides is 1. The van der Waals surface area contributed by atoms with Crippen LogP contribution in [0.25, 0.3) is 0 Å². The van der Waals surface area contributed by atoms with Crippen LogP contribution < -0.4 is 10.9 Å². The molecular formula is C18H19N3O2S. The molecule has 0 saturated carbocycles. The highest BCUT2D eigenvalue weighted by molar-refractivity contribution is 7.99. The molecule has 0 radical (unpaired) electrons. The van der Waals surface area contributed by atoms with Gasteiger partial charge in [0.25, 0.3) is 5.56 Å². The number of aryl methyl sites for hydroxylation is 2. The second-order valence-electron chi connectivity index (χ2n) is 5.90. The van der Waals surface area contributed by atoms with Gasteiger partial charge in [-0.25, -0.2) is 4.98 Å². The van der Waals surface area contributed by atoms with E-state index in [1.807, 2.05) is 26.0 Å². The number of fused-ring (bicyclic) bond motifs is 1.